The van der Waals surface area contributed by atoms with E-state index in [2.05, 4.69) is 0 Å². The van der Waals surface area contributed by atoms with Gasteiger partial charge in [0.25, 0.3) is 0 Å². The fourth-order valence-corrected chi connectivity index (χ4v) is 3.14. The highest BCUT2D eigenvalue weighted by atomic mass is 16.4. The van der Waals surface area contributed by atoms with E-state index >= 15 is 0 Å². The molecule has 2 amide bonds. The largest absolute Gasteiger partial charge is 0.481 e. The molecule has 6 heteroatoms. The number of carboxylic acid groups (broad SMARTS) is 1. The van der Waals surface area contributed by atoms with Gasteiger partial charge in [-0.05, 0) is 26.2 Å². The van der Waals surface area contributed by atoms with Crippen molar-refractivity contribution < 1.29 is 19.5 Å². The highest BCUT2D eigenvalue weighted by Gasteiger charge is 2.45. The number of primary amides is 1. The Morgan fingerprint density at radius 1 is 1.26 bits per heavy atom. The van der Waals surface area contributed by atoms with E-state index < -0.39 is 29.1 Å². The second-order valence-corrected chi connectivity index (χ2v) is 5.92. The molecule has 2 fully saturated rings. The first-order valence-corrected chi connectivity index (χ1v) is 6.67. The van der Waals surface area contributed by atoms with Crippen molar-refractivity contribution in [1.29, 1.82) is 0 Å². The summed E-state index contributed by atoms with van der Waals surface area (Å²) in [6, 6.07) is 0. The lowest BCUT2D eigenvalue weighted by atomic mass is 9.89. The lowest BCUT2D eigenvalue weighted by Crippen LogP contribution is -2.41. The predicted molar refractivity (Wildman–Crippen MR) is 67.0 cm³/mol. The molecule has 1 unspecified atom stereocenters. The van der Waals surface area contributed by atoms with Crippen molar-refractivity contribution in [2.24, 2.45) is 23.0 Å². The molecule has 1 aliphatic heterocycles. The minimum atomic E-state index is -0.896. The van der Waals surface area contributed by atoms with Crippen LogP contribution < -0.4 is 5.73 Å². The van der Waals surface area contributed by atoms with E-state index in [0.29, 0.717) is 32.4 Å². The molecule has 2 rings (SSSR count). The van der Waals surface area contributed by atoms with Gasteiger partial charge in [0.05, 0.1) is 17.3 Å². The summed E-state index contributed by atoms with van der Waals surface area (Å²) in [5.74, 6) is -2.44. The maximum absolute atomic E-state index is 12.4. The summed E-state index contributed by atoms with van der Waals surface area (Å²) in [4.78, 5) is 36.5. The molecule has 0 aromatic rings. The number of aliphatic carboxylic acids is 1. The average Bonchev–Trinajstić information content (AvgIpc) is 2.95. The van der Waals surface area contributed by atoms with Crippen LogP contribution in [-0.4, -0.2) is 40.9 Å². The summed E-state index contributed by atoms with van der Waals surface area (Å²) in [7, 11) is 0. The van der Waals surface area contributed by atoms with Crippen LogP contribution in [0.1, 0.15) is 32.6 Å². The van der Waals surface area contributed by atoms with E-state index in [1.807, 2.05) is 0 Å². The highest BCUT2D eigenvalue weighted by Crippen LogP contribution is 2.36. The molecular weight excluding hydrogens is 248 g/mol. The third-order valence-electron chi connectivity index (χ3n) is 4.53. The Morgan fingerprint density at radius 2 is 1.89 bits per heavy atom. The van der Waals surface area contributed by atoms with Crippen LogP contribution in [0.3, 0.4) is 0 Å². The minimum Gasteiger partial charge on any atom is -0.481 e. The lowest BCUT2D eigenvalue weighted by Gasteiger charge is -2.25. The number of nitrogens with two attached hydrogens (primary N) is 1. The smallest absolute Gasteiger partial charge is 0.307 e. The van der Waals surface area contributed by atoms with Crippen molar-refractivity contribution in [2.45, 2.75) is 32.6 Å². The zero-order valence-electron chi connectivity index (χ0n) is 11.1. The maximum atomic E-state index is 12.4. The Morgan fingerprint density at radius 3 is 2.42 bits per heavy atom. The Kier molecular flexibility index (Phi) is 3.52. The van der Waals surface area contributed by atoms with Crippen LogP contribution in [0.25, 0.3) is 0 Å². The van der Waals surface area contributed by atoms with Gasteiger partial charge in [0.15, 0.2) is 0 Å². The summed E-state index contributed by atoms with van der Waals surface area (Å²) in [5, 5.41) is 9.12. The molecule has 0 aromatic heterocycles. The molecule has 6 nitrogen and oxygen atoms in total. The van der Waals surface area contributed by atoms with Gasteiger partial charge in [0.1, 0.15) is 0 Å². The van der Waals surface area contributed by atoms with E-state index in [-0.39, 0.29) is 5.91 Å². The molecule has 1 heterocycles. The first-order chi connectivity index (χ1) is 8.85. The third kappa shape index (κ3) is 2.43. The number of rotatable bonds is 3. The molecule has 1 saturated heterocycles. The summed E-state index contributed by atoms with van der Waals surface area (Å²) in [5.41, 5.74) is 4.68. The second kappa shape index (κ2) is 4.83. The van der Waals surface area contributed by atoms with Gasteiger partial charge in [-0.1, -0.05) is 6.42 Å². The second-order valence-electron chi connectivity index (χ2n) is 5.92. The van der Waals surface area contributed by atoms with Crippen LogP contribution in [0, 0.1) is 17.3 Å². The zero-order chi connectivity index (χ0) is 14.2. The molecule has 3 atom stereocenters. The normalized spacial score (nSPS) is 34.5. The van der Waals surface area contributed by atoms with Crippen LogP contribution in [0.5, 0.6) is 0 Å². The van der Waals surface area contributed by atoms with Gasteiger partial charge in [-0.3, -0.25) is 14.4 Å². The van der Waals surface area contributed by atoms with Crippen molar-refractivity contribution in [3.8, 4) is 0 Å². The fraction of sp³-hybridized carbons (Fsp3) is 0.769. The van der Waals surface area contributed by atoms with Gasteiger partial charge in [-0.15, -0.1) is 0 Å². The van der Waals surface area contributed by atoms with E-state index in [9.17, 15) is 14.4 Å². The van der Waals surface area contributed by atoms with Crippen molar-refractivity contribution in [2.75, 3.05) is 13.1 Å². The fourth-order valence-electron chi connectivity index (χ4n) is 3.14. The highest BCUT2D eigenvalue weighted by molar-refractivity contribution is 5.87. The summed E-state index contributed by atoms with van der Waals surface area (Å²) >= 11 is 0. The van der Waals surface area contributed by atoms with E-state index in [4.69, 9.17) is 10.8 Å². The molecular formula is C13H20N2O4. The Bertz CT molecular complexity index is 423. The first kappa shape index (κ1) is 13.8. The van der Waals surface area contributed by atoms with Crippen molar-refractivity contribution in [3.63, 3.8) is 0 Å². The lowest BCUT2D eigenvalue weighted by molar-refractivity contribution is -0.149. The topological polar surface area (TPSA) is 101 Å². The minimum absolute atomic E-state index is 0.130. The van der Waals surface area contributed by atoms with Gasteiger partial charge in [-0.2, -0.15) is 0 Å². The summed E-state index contributed by atoms with van der Waals surface area (Å²) in [6.07, 6.45) is 2.51. The van der Waals surface area contributed by atoms with Crippen LogP contribution in [0.15, 0.2) is 0 Å². The molecule has 1 saturated carbocycles. The van der Waals surface area contributed by atoms with Gasteiger partial charge < -0.3 is 15.7 Å². The number of carboxylic acids is 1. The predicted octanol–water partition coefficient (Wildman–Crippen LogP) is 0.211. The molecule has 0 spiro atoms. The molecule has 0 aromatic carbocycles. The molecule has 106 valence electrons. The van der Waals surface area contributed by atoms with Crippen LogP contribution in [-0.2, 0) is 14.4 Å². The number of carbonyl (C=O) groups excluding carboxylic acids is 2. The third-order valence-corrected chi connectivity index (χ3v) is 4.53. The first-order valence-electron chi connectivity index (χ1n) is 6.67. The molecule has 1 aliphatic carbocycles. The molecule has 3 N–H and O–H groups in total. The van der Waals surface area contributed by atoms with Crippen molar-refractivity contribution >= 4 is 17.8 Å². The number of likely N-dealkylation sites (tertiary alicyclic amines) is 1. The molecule has 0 bridgehead atoms. The monoisotopic (exact) mass is 268 g/mol. The van der Waals surface area contributed by atoms with E-state index in [1.54, 1.807) is 11.8 Å². The summed E-state index contributed by atoms with van der Waals surface area (Å²) < 4.78 is 0. The van der Waals surface area contributed by atoms with Crippen molar-refractivity contribution in [3.05, 3.63) is 0 Å². The quantitative estimate of drug-likeness (QED) is 0.764. The van der Waals surface area contributed by atoms with E-state index in [1.165, 1.54) is 0 Å². The van der Waals surface area contributed by atoms with Crippen LogP contribution >= 0.6 is 0 Å². The number of nitrogens with zero attached hydrogens (tertiary/aromatic N) is 1. The SMILES string of the molecule is CC1(C(N)=O)CCN(C(=O)[C@@H]2CCC[C@@H]2C(=O)O)C1. The van der Waals surface area contributed by atoms with Crippen LogP contribution in [0.4, 0.5) is 0 Å². The molecule has 2 aliphatic rings. The van der Waals surface area contributed by atoms with Crippen LogP contribution in [0.2, 0.25) is 0 Å². The Hall–Kier alpha value is -1.59. The number of hydrogen-bond acceptors (Lipinski definition) is 3. The zero-order valence-corrected chi connectivity index (χ0v) is 11.1. The molecule has 19 heavy (non-hydrogen) atoms. The van der Waals surface area contributed by atoms with E-state index in [0.717, 1.165) is 6.42 Å². The van der Waals surface area contributed by atoms with Gasteiger partial charge in [0, 0.05) is 13.1 Å². The maximum Gasteiger partial charge on any atom is 0.307 e. The summed E-state index contributed by atoms with van der Waals surface area (Å²) in [6.45, 7) is 2.55. The molecule has 0 radical (unpaired) electrons. The van der Waals surface area contributed by atoms with Gasteiger partial charge in [0.2, 0.25) is 11.8 Å². The Labute approximate surface area is 111 Å². The number of amides is 2. The Balaban J connectivity index is 2.06. The number of hydrogen-bond donors (Lipinski definition) is 2. The van der Waals surface area contributed by atoms with Gasteiger partial charge in [-0.25, -0.2) is 0 Å². The number of carbonyl (C=O) groups is 3. The van der Waals surface area contributed by atoms with Crippen molar-refractivity contribution in [1.82, 2.24) is 4.90 Å². The van der Waals surface area contributed by atoms with Gasteiger partial charge >= 0.3 is 5.97 Å². The standard InChI is InChI=1S/C13H20N2O4/c1-13(12(14)19)5-6-15(7-13)10(16)8-3-2-4-9(8)11(17)18/h8-9H,2-7H2,1H3,(H2,14,19)(H,17,18)/t8-,9+,13?/m1/s1. The average molecular weight is 268 g/mol.